The first-order chi connectivity index (χ1) is 16.5. The molecule has 0 atom stereocenters. The fourth-order valence-electron chi connectivity index (χ4n) is 3.37. The third kappa shape index (κ3) is 6.72. The van der Waals surface area contributed by atoms with Crippen LogP contribution in [0, 0.1) is 11.3 Å². The lowest BCUT2D eigenvalue weighted by Gasteiger charge is -2.07. The second-order valence-corrected chi connectivity index (χ2v) is 8.11. The molecule has 1 heterocycles. The predicted molar refractivity (Wildman–Crippen MR) is 134 cm³/mol. The number of hydrogen-bond acceptors (Lipinski definition) is 5. The quantitative estimate of drug-likeness (QED) is 0.134. The van der Waals surface area contributed by atoms with E-state index in [9.17, 15) is 10.1 Å². The molecule has 0 fully saturated rings. The number of carbonyl (C=O) groups excluding carboxylic acids is 1. The Balaban J connectivity index is 1.92. The molecule has 0 unspecified atom stereocenters. The molecular formula is C27H28ClN3O3. The van der Waals surface area contributed by atoms with Crippen molar-refractivity contribution in [2.75, 3.05) is 13.2 Å². The lowest BCUT2D eigenvalue weighted by Crippen LogP contribution is -2.06. The lowest BCUT2D eigenvalue weighted by atomic mass is 10.1. The third-order valence-corrected chi connectivity index (χ3v) is 5.40. The number of nitrogens with zero attached hydrogens (tertiary/aromatic N) is 3. The van der Waals surface area contributed by atoms with Crippen LogP contribution < -0.4 is 4.74 Å². The Hall–Kier alpha value is -3.56. The summed E-state index contributed by atoms with van der Waals surface area (Å²) in [6.07, 6.45) is 7.87. The number of nitriles is 1. The van der Waals surface area contributed by atoms with Gasteiger partial charge in [-0.1, -0.05) is 37.8 Å². The second kappa shape index (κ2) is 12.6. The van der Waals surface area contributed by atoms with Gasteiger partial charge in [-0.15, -0.1) is 0 Å². The molecule has 0 saturated heterocycles. The van der Waals surface area contributed by atoms with Gasteiger partial charge in [-0.05, 0) is 68.0 Å². The first kappa shape index (κ1) is 25.1. The number of rotatable bonds is 11. The molecule has 0 N–H and O–H groups in total. The standard InChI is InChI=1S/C27H28ClN3O3/c1-3-5-6-7-16-34-25-14-8-20(9-15-25)26-22(17-21(18-29)27(32)33-4-2)19-31(30-26)24-12-10-23(28)11-13-24/h8-15,17,19H,3-7,16H2,1-2H3/b21-17-. The monoisotopic (exact) mass is 477 g/mol. The summed E-state index contributed by atoms with van der Waals surface area (Å²) in [6.45, 7) is 4.76. The summed E-state index contributed by atoms with van der Waals surface area (Å²) in [5, 5.41) is 14.8. The molecule has 1 aromatic heterocycles. The van der Waals surface area contributed by atoms with E-state index in [4.69, 9.17) is 26.2 Å². The molecule has 6 nitrogen and oxygen atoms in total. The van der Waals surface area contributed by atoms with Gasteiger partial charge in [0.2, 0.25) is 0 Å². The van der Waals surface area contributed by atoms with E-state index >= 15 is 0 Å². The zero-order valence-electron chi connectivity index (χ0n) is 19.5. The number of ether oxygens (including phenoxy) is 2. The van der Waals surface area contributed by atoms with Gasteiger partial charge < -0.3 is 9.47 Å². The molecule has 2 aromatic carbocycles. The summed E-state index contributed by atoms with van der Waals surface area (Å²) in [5.41, 5.74) is 2.78. The fraction of sp³-hybridized carbons (Fsp3) is 0.296. The molecule has 3 aromatic rings. The fourth-order valence-corrected chi connectivity index (χ4v) is 3.50. The predicted octanol–water partition coefficient (Wildman–Crippen LogP) is 6.62. The zero-order chi connectivity index (χ0) is 24.3. The van der Waals surface area contributed by atoms with Crippen LogP contribution in [-0.4, -0.2) is 29.0 Å². The Kier molecular flexibility index (Phi) is 9.30. The highest BCUT2D eigenvalue weighted by atomic mass is 35.5. The SMILES string of the molecule is CCCCCCOc1ccc(-c2nn(-c3ccc(Cl)cc3)cc2/C=C(/C#N)C(=O)OCC)cc1. The van der Waals surface area contributed by atoms with Crippen LogP contribution in [0.15, 0.2) is 60.3 Å². The zero-order valence-corrected chi connectivity index (χ0v) is 20.2. The lowest BCUT2D eigenvalue weighted by molar-refractivity contribution is -0.137. The summed E-state index contributed by atoms with van der Waals surface area (Å²) in [4.78, 5) is 12.2. The molecule has 0 aliphatic heterocycles. The number of carbonyl (C=O) groups is 1. The van der Waals surface area contributed by atoms with Crippen molar-refractivity contribution in [2.24, 2.45) is 0 Å². The van der Waals surface area contributed by atoms with Crippen LogP contribution in [0.3, 0.4) is 0 Å². The van der Waals surface area contributed by atoms with E-state index in [1.165, 1.54) is 18.9 Å². The Morgan fingerprint density at radius 3 is 2.47 bits per heavy atom. The van der Waals surface area contributed by atoms with Crippen LogP contribution in [-0.2, 0) is 9.53 Å². The van der Waals surface area contributed by atoms with E-state index < -0.39 is 5.97 Å². The third-order valence-electron chi connectivity index (χ3n) is 5.14. The highest BCUT2D eigenvalue weighted by molar-refractivity contribution is 6.30. The number of hydrogen-bond donors (Lipinski definition) is 0. The molecule has 0 amide bonds. The summed E-state index contributed by atoms with van der Waals surface area (Å²) < 4.78 is 12.5. The van der Waals surface area contributed by atoms with Crippen LogP contribution in [0.4, 0.5) is 0 Å². The van der Waals surface area contributed by atoms with Crippen molar-refractivity contribution >= 4 is 23.6 Å². The van der Waals surface area contributed by atoms with Crippen LogP contribution in [0.1, 0.15) is 45.1 Å². The summed E-state index contributed by atoms with van der Waals surface area (Å²) >= 11 is 6.02. The van der Waals surface area contributed by atoms with Gasteiger partial charge in [-0.3, -0.25) is 0 Å². The van der Waals surface area contributed by atoms with Gasteiger partial charge in [0.25, 0.3) is 0 Å². The van der Waals surface area contributed by atoms with E-state index in [2.05, 4.69) is 6.92 Å². The van der Waals surface area contributed by atoms with Crippen molar-refractivity contribution in [3.63, 3.8) is 0 Å². The Morgan fingerprint density at radius 2 is 1.82 bits per heavy atom. The van der Waals surface area contributed by atoms with Gasteiger partial charge in [0.1, 0.15) is 17.4 Å². The van der Waals surface area contributed by atoms with Crippen molar-refractivity contribution in [3.8, 4) is 28.8 Å². The van der Waals surface area contributed by atoms with E-state index in [1.807, 2.05) is 42.5 Å². The molecular weight excluding hydrogens is 450 g/mol. The normalized spacial score (nSPS) is 11.2. The molecule has 3 rings (SSSR count). The summed E-state index contributed by atoms with van der Waals surface area (Å²) in [6, 6.07) is 16.8. The minimum Gasteiger partial charge on any atom is -0.494 e. The molecule has 0 bridgehead atoms. The smallest absolute Gasteiger partial charge is 0.348 e. The Morgan fingerprint density at radius 1 is 1.09 bits per heavy atom. The Labute approximate surface area is 205 Å². The van der Waals surface area contributed by atoms with Gasteiger partial charge in [0.05, 0.1) is 24.6 Å². The maximum absolute atomic E-state index is 12.2. The van der Waals surface area contributed by atoms with Gasteiger partial charge in [0.15, 0.2) is 0 Å². The molecule has 0 saturated carbocycles. The highest BCUT2D eigenvalue weighted by Gasteiger charge is 2.16. The number of halogens is 1. The van der Waals surface area contributed by atoms with Crippen LogP contribution >= 0.6 is 11.6 Å². The van der Waals surface area contributed by atoms with Crippen LogP contribution in [0.5, 0.6) is 5.75 Å². The first-order valence-corrected chi connectivity index (χ1v) is 11.8. The van der Waals surface area contributed by atoms with Gasteiger partial charge >= 0.3 is 5.97 Å². The molecule has 0 radical (unpaired) electrons. The summed E-state index contributed by atoms with van der Waals surface area (Å²) in [7, 11) is 0. The maximum atomic E-state index is 12.2. The average molecular weight is 478 g/mol. The average Bonchev–Trinajstić information content (AvgIpc) is 3.27. The molecule has 0 aliphatic rings. The van der Waals surface area contributed by atoms with E-state index in [0.29, 0.717) is 22.9 Å². The van der Waals surface area contributed by atoms with Crippen molar-refractivity contribution in [3.05, 3.63) is 70.9 Å². The van der Waals surface area contributed by atoms with Crippen molar-refractivity contribution in [2.45, 2.75) is 39.5 Å². The van der Waals surface area contributed by atoms with Gasteiger partial charge in [-0.25, -0.2) is 9.48 Å². The van der Waals surface area contributed by atoms with Crippen molar-refractivity contribution in [1.82, 2.24) is 9.78 Å². The first-order valence-electron chi connectivity index (χ1n) is 11.4. The highest BCUT2D eigenvalue weighted by Crippen LogP contribution is 2.28. The summed E-state index contributed by atoms with van der Waals surface area (Å²) in [5.74, 6) is 0.126. The number of benzene rings is 2. The van der Waals surface area contributed by atoms with E-state index in [-0.39, 0.29) is 12.2 Å². The molecule has 0 spiro atoms. The minimum absolute atomic E-state index is 0.0919. The number of unbranched alkanes of at least 4 members (excludes halogenated alkanes) is 3. The van der Waals surface area contributed by atoms with Gasteiger partial charge in [-0.2, -0.15) is 10.4 Å². The van der Waals surface area contributed by atoms with E-state index in [0.717, 1.165) is 29.8 Å². The van der Waals surface area contributed by atoms with Gasteiger partial charge in [0, 0.05) is 22.3 Å². The topological polar surface area (TPSA) is 77.1 Å². The Bertz CT molecular complexity index is 1160. The molecule has 7 heteroatoms. The van der Waals surface area contributed by atoms with Crippen LogP contribution in [0.25, 0.3) is 23.0 Å². The molecule has 34 heavy (non-hydrogen) atoms. The number of aromatic nitrogens is 2. The van der Waals surface area contributed by atoms with Crippen molar-refractivity contribution < 1.29 is 14.3 Å². The van der Waals surface area contributed by atoms with Crippen molar-refractivity contribution in [1.29, 1.82) is 5.26 Å². The van der Waals surface area contributed by atoms with Crippen LogP contribution in [0.2, 0.25) is 5.02 Å². The molecule has 0 aliphatic carbocycles. The maximum Gasteiger partial charge on any atom is 0.348 e. The second-order valence-electron chi connectivity index (χ2n) is 7.68. The minimum atomic E-state index is -0.665. The number of esters is 1. The molecule has 176 valence electrons. The largest absolute Gasteiger partial charge is 0.494 e. The van der Waals surface area contributed by atoms with E-state index in [1.54, 1.807) is 29.9 Å².